The number of benzene rings is 1. The van der Waals surface area contributed by atoms with Crippen molar-refractivity contribution in [1.82, 2.24) is 4.90 Å². The summed E-state index contributed by atoms with van der Waals surface area (Å²) in [4.78, 5) is 14.0. The van der Waals surface area contributed by atoms with Gasteiger partial charge in [0.05, 0.1) is 26.4 Å². The zero-order chi connectivity index (χ0) is 15.8. The van der Waals surface area contributed by atoms with Crippen LogP contribution in [-0.4, -0.2) is 57.6 Å². The van der Waals surface area contributed by atoms with Gasteiger partial charge in [0, 0.05) is 25.9 Å². The molecule has 0 radical (unpaired) electrons. The number of hydrogen-bond acceptors (Lipinski definition) is 4. The summed E-state index contributed by atoms with van der Waals surface area (Å²) < 4.78 is 15.8. The molecule has 6 heteroatoms. The summed E-state index contributed by atoms with van der Waals surface area (Å²) in [6.45, 7) is 2.64. The van der Waals surface area contributed by atoms with E-state index in [0.29, 0.717) is 26.3 Å². The third kappa shape index (κ3) is 4.89. The normalized spacial score (nSPS) is 15.6. The molecule has 22 heavy (non-hydrogen) atoms. The van der Waals surface area contributed by atoms with Gasteiger partial charge in [-0.2, -0.15) is 0 Å². The summed E-state index contributed by atoms with van der Waals surface area (Å²) in [5, 5.41) is 2.90. The van der Waals surface area contributed by atoms with Crippen LogP contribution in [0.1, 0.15) is 12.8 Å². The third-order valence-corrected chi connectivity index (χ3v) is 3.71. The molecule has 0 aromatic heterocycles. The number of piperidine rings is 1. The maximum Gasteiger partial charge on any atom is 0.321 e. The highest BCUT2D eigenvalue weighted by Gasteiger charge is 2.23. The van der Waals surface area contributed by atoms with Crippen molar-refractivity contribution in [3.8, 4) is 5.75 Å². The maximum absolute atomic E-state index is 12.2. The fourth-order valence-electron chi connectivity index (χ4n) is 2.40. The second-order valence-electron chi connectivity index (χ2n) is 5.21. The summed E-state index contributed by atoms with van der Waals surface area (Å²) in [6.07, 6.45) is 1.94. The lowest BCUT2D eigenvalue weighted by molar-refractivity contribution is -0.00851. The van der Waals surface area contributed by atoms with Crippen molar-refractivity contribution >= 4 is 11.7 Å². The van der Waals surface area contributed by atoms with Gasteiger partial charge in [0.25, 0.3) is 0 Å². The van der Waals surface area contributed by atoms with Crippen molar-refractivity contribution in [3.05, 3.63) is 24.3 Å². The molecule has 1 aromatic carbocycles. The number of methoxy groups -OCH3 is 2. The fraction of sp³-hybridized carbons (Fsp3) is 0.562. The summed E-state index contributed by atoms with van der Waals surface area (Å²) in [5.41, 5.74) is 0.768. The number of rotatable bonds is 6. The number of likely N-dealkylation sites (tertiary alicyclic amines) is 1. The monoisotopic (exact) mass is 308 g/mol. The first-order valence-electron chi connectivity index (χ1n) is 7.53. The predicted octanol–water partition coefficient (Wildman–Crippen LogP) is 2.35. The smallest absolute Gasteiger partial charge is 0.321 e. The molecule has 1 aliphatic rings. The average molecular weight is 308 g/mol. The van der Waals surface area contributed by atoms with Crippen LogP contribution in [-0.2, 0) is 9.47 Å². The largest absolute Gasteiger partial charge is 0.497 e. The van der Waals surface area contributed by atoms with Crippen molar-refractivity contribution in [2.75, 3.05) is 45.8 Å². The second kappa shape index (κ2) is 8.60. The van der Waals surface area contributed by atoms with Crippen LogP contribution in [0.2, 0.25) is 0 Å². The molecule has 0 atom stereocenters. The first-order valence-corrected chi connectivity index (χ1v) is 7.53. The Hall–Kier alpha value is -1.79. The summed E-state index contributed by atoms with van der Waals surface area (Å²) >= 11 is 0. The molecule has 0 saturated carbocycles. The number of amides is 2. The first-order chi connectivity index (χ1) is 10.7. The lowest BCUT2D eigenvalue weighted by Crippen LogP contribution is -2.43. The minimum Gasteiger partial charge on any atom is -0.497 e. The second-order valence-corrected chi connectivity index (χ2v) is 5.21. The molecule has 1 saturated heterocycles. The van der Waals surface area contributed by atoms with Crippen molar-refractivity contribution in [2.24, 2.45) is 0 Å². The molecule has 122 valence electrons. The van der Waals surface area contributed by atoms with Gasteiger partial charge in [-0.05, 0) is 37.1 Å². The molecule has 2 rings (SSSR count). The molecule has 1 N–H and O–H groups in total. The van der Waals surface area contributed by atoms with Crippen LogP contribution in [0, 0.1) is 0 Å². The number of carbonyl (C=O) groups is 1. The molecule has 6 nitrogen and oxygen atoms in total. The zero-order valence-electron chi connectivity index (χ0n) is 13.2. The van der Waals surface area contributed by atoms with E-state index in [1.165, 1.54) is 0 Å². The van der Waals surface area contributed by atoms with Crippen molar-refractivity contribution < 1.29 is 19.0 Å². The molecule has 1 heterocycles. The molecule has 0 spiro atoms. The van der Waals surface area contributed by atoms with Crippen molar-refractivity contribution in [1.29, 1.82) is 0 Å². The van der Waals surface area contributed by atoms with E-state index >= 15 is 0 Å². The van der Waals surface area contributed by atoms with Crippen LogP contribution in [0.4, 0.5) is 10.5 Å². The predicted molar refractivity (Wildman–Crippen MR) is 84.4 cm³/mol. The van der Waals surface area contributed by atoms with Gasteiger partial charge in [0.2, 0.25) is 0 Å². The van der Waals surface area contributed by atoms with E-state index in [2.05, 4.69) is 5.32 Å². The van der Waals surface area contributed by atoms with Crippen LogP contribution in [0.3, 0.4) is 0 Å². The van der Waals surface area contributed by atoms with Gasteiger partial charge in [0.15, 0.2) is 0 Å². The number of hydrogen-bond donors (Lipinski definition) is 1. The van der Waals surface area contributed by atoms with E-state index in [0.717, 1.165) is 24.3 Å². The number of ether oxygens (including phenoxy) is 3. The Morgan fingerprint density at radius 2 is 1.86 bits per heavy atom. The summed E-state index contributed by atoms with van der Waals surface area (Å²) in [5.74, 6) is 0.770. The molecular weight excluding hydrogens is 284 g/mol. The third-order valence-electron chi connectivity index (χ3n) is 3.71. The SMILES string of the molecule is COCCOC1CCN(C(=O)Nc2ccc(OC)cc2)CC1. The van der Waals surface area contributed by atoms with Gasteiger partial charge < -0.3 is 24.4 Å². The Labute approximate surface area is 131 Å². The molecule has 1 aliphatic heterocycles. The Morgan fingerprint density at radius 3 is 2.45 bits per heavy atom. The fourth-order valence-corrected chi connectivity index (χ4v) is 2.40. The van der Waals surface area contributed by atoms with E-state index in [1.54, 1.807) is 14.2 Å². The molecule has 1 fully saturated rings. The Morgan fingerprint density at radius 1 is 1.18 bits per heavy atom. The van der Waals surface area contributed by atoms with Crippen molar-refractivity contribution in [3.63, 3.8) is 0 Å². The van der Waals surface area contributed by atoms with Crippen LogP contribution >= 0.6 is 0 Å². The molecule has 1 aromatic rings. The molecule has 0 aliphatic carbocycles. The first kappa shape index (κ1) is 16.6. The Kier molecular flexibility index (Phi) is 6.48. The van der Waals surface area contributed by atoms with Gasteiger partial charge in [-0.1, -0.05) is 0 Å². The van der Waals surface area contributed by atoms with Gasteiger partial charge in [-0.25, -0.2) is 4.79 Å². The molecule has 0 bridgehead atoms. The van der Waals surface area contributed by atoms with Gasteiger partial charge in [-0.15, -0.1) is 0 Å². The summed E-state index contributed by atoms with van der Waals surface area (Å²) in [6, 6.07) is 7.24. The highest BCUT2D eigenvalue weighted by molar-refractivity contribution is 5.89. The topological polar surface area (TPSA) is 60.0 Å². The number of anilines is 1. The quantitative estimate of drug-likeness (QED) is 0.820. The maximum atomic E-state index is 12.2. The minimum absolute atomic E-state index is 0.0690. The van der Waals surface area contributed by atoms with Crippen LogP contribution in [0.5, 0.6) is 5.75 Å². The van der Waals surface area contributed by atoms with Crippen LogP contribution in [0.25, 0.3) is 0 Å². The van der Waals surface area contributed by atoms with E-state index in [9.17, 15) is 4.79 Å². The van der Waals surface area contributed by atoms with Crippen molar-refractivity contribution in [2.45, 2.75) is 18.9 Å². The minimum atomic E-state index is -0.0690. The molecule has 2 amide bonds. The van der Waals surface area contributed by atoms with Crippen LogP contribution < -0.4 is 10.1 Å². The van der Waals surface area contributed by atoms with Crippen LogP contribution in [0.15, 0.2) is 24.3 Å². The van der Waals surface area contributed by atoms with Gasteiger partial charge in [-0.3, -0.25) is 0 Å². The molecule has 0 unspecified atom stereocenters. The summed E-state index contributed by atoms with van der Waals surface area (Å²) in [7, 11) is 3.28. The standard InChI is InChI=1S/C16H24N2O4/c1-20-11-12-22-15-7-9-18(10-8-15)16(19)17-13-3-5-14(21-2)6-4-13/h3-6,15H,7-12H2,1-2H3,(H,17,19). The van der Waals surface area contributed by atoms with Gasteiger partial charge in [0.1, 0.15) is 5.75 Å². The van der Waals surface area contributed by atoms with E-state index in [4.69, 9.17) is 14.2 Å². The number of carbonyl (C=O) groups excluding carboxylic acids is 1. The average Bonchev–Trinajstić information content (AvgIpc) is 2.56. The van der Waals surface area contributed by atoms with E-state index in [1.807, 2.05) is 29.2 Å². The number of nitrogens with one attached hydrogen (secondary N) is 1. The van der Waals surface area contributed by atoms with Gasteiger partial charge >= 0.3 is 6.03 Å². The lowest BCUT2D eigenvalue weighted by Gasteiger charge is -2.31. The Balaban J connectivity index is 1.74. The zero-order valence-corrected chi connectivity index (χ0v) is 13.2. The molecular formula is C16H24N2O4. The number of urea groups is 1. The number of nitrogens with zero attached hydrogens (tertiary/aromatic N) is 1. The highest BCUT2D eigenvalue weighted by Crippen LogP contribution is 2.18. The highest BCUT2D eigenvalue weighted by atomic mass is 16.5. The van der Waals surface area contributed by atoms with E-state index in [-0.39, 0.29) is 12.1 Å². The lowest BCUT2D eigenvalue weighted by atomic mass is 10.1. The Bertz CT molecular complexity index is 456. The van der Waals surface area contributed by atoms with E-state index < -0.39 is 0 Å².